The van der Waals surface area contributed by atoms with Crippen molar-refractivity contribution in [1.82, 2.24) is 0 Å². The van der Waals surface area contributed by atoms with E-state index in [2.05, 4.69) is 47.3 Å². The summed E-state index contributed by atoms with van der Waals surface area (Å²) in [5.41, 5.74) is 3.08. The van der Waals surface area contributed by atoms with Gasteiger partial charge in [0.05, 0.1) is 6.10 Å². The quantitative estimate of drug-likeness (QED) is 0.589. The van der Waals surface area contributed by atoms with Gasteiger partial charge in [-0.2, -0.15) is 0 Å². The second-order valence-electron chi connectivity index (χ2n) is 10.2. The summed E-state index contributed by atoms with van der Waals surface area (Å²) < 4.78 is 0. The number of allylic oxidation sites excluding steroid dienone is 1. The zero-order chi connectivity index (χ0) is 18.4. The van der Waals surface area contributed by atoms with E-state index in [1.807, 2.05) is 0 Å². The summed E-state index contributed by atoms with van der Waals surface area (Å²) in [7, 11) is 0. The monoisotopic (exact) mass is 344 g/mol. The van der Waals surface area contributed by atoms with Crippen LogP contribution in [0.3, 0.4) is 0 Å². The van der Waals surface area contributed by atoms with Gasteiger partial charge in [0.25, 0.3) is 0 Å². The van der Waals surface area contributed by atoms with E-state index in [9.17, 15) is 5.11 Å². The molecular weight excluding hydrogens is 304 g/mol. The lowest BCUT2D eigenvalue weighted by molar-refractivity contribution is 0.0205. The van der Waals surface area contributed by atoms with Crippen LogP contribution in [0.1, 0.15) is 79.6 Å². The number of rotatable bonds is 3. The molecule has 0 spiro atoms. The molecule has 25 heavy (non-hydrogen) atoms. The van der Waals surface area contributed by atoms with Crippen molar-refractivity contribution in [3.63, 3.8) is 0 Å². The average Bonchev–Trinajstić information content (AvgIpc) is 2.89. The van der Waals surface area contributed by atoms with Gasteiger partial charge in [0.1, 0.15) is 0 Å². The third-order valence-corrected chi connectivity index (χ3v) is 8.32. The van der Waals surface area contributed by atoms with Gasteiger partial charge in [0.15, 0.2) is 0 Å². The molecule has 3 fully saturated rings. The van der Waals surface area contributed by atoms with Gasteiger partial charge in [0, 0.05) is 0 Å². The smallest absolute Gasteiger partial charge is 0.0787 e. The maximum absolute atomic E-state index is 10.3. The number of aliphatic hydroxyl groups is 1. The second-order valence-corrected chi connectivity index (χ2v) is 10.2. The standard InChI is InChI=1S/C24H40O/c1-15(2)21-9-10-22-20(8-7-11-24(21,22)6)17(4)13-19-12-16(3)18(5)23(25)14-19/h13,15-17,20-23,25H,5,7-12,14H2,1-4,6H3/b19-13-/t16-,17?,20?,21?,22?,23+,24+/m0/s1. The third kappa shape index (κ3) is 3.51. The van der Waals surface area contributed by atoms with Gasteiger partial charge in [-0.3, -0.25) is 0 Å². The highest BCUT2D eigenvalue weighted by Crippen LogP contribution is 2.60. The van der Waals surface area contributed by atoms with Crippen LogP contribution in [-0.2, 0) is 0 Å². The molecule has 0 saturated heterocycles. The Labute approximate surface area is 156 Å². The Morgan fingerprint density at radius 3 is 2.52 bits per heavy atom. The summed E-state index contributed by atoms with van der Waals surface area (Å²) >= 11 is 0. The summed E-state index contributed by atoms with van der Waals surface area (Å²) in [6, 6.07) is 0. The fourth-order valence-electron chi connectivity index (χ4n) is 6.96. The topological polar surface area (TPSA) is 20.2 Å². The van der Waals surface area contributed by atoms with E-state index in [4.69, 9.17) is 0 Å². The molecule has 0 aliphatic heterocycles. The molecule has 0 aromatic heterocycles. The molecule has 0 aromatic rings. The fraction of sp³-hybridized carbons (Fsp3) is 0.833. The molecule has 1 nitrogen and oxygen atoms in total. The Bertz CT molecular complexity index is 514. The zero-order valence-electron chi connectivity index (χ0n) is 17.2. The molecule has 0 aromatic carbocycles. The summed E-state index contributed by atoms with van der Waals surface area (Å²) in [6.07, 6.45) is 11.3. The van der Waals surface area contributed by atoms with Gasteiger partial charge >= 0.3 is 0 Å². The van der Waals surface area contributed by atoms with Gasteiger partial charge in [-0.1, -0.05) is 59.3 Å². The van der Waals surface area contributed by atoms with E-state index in [0.717, 1.165) is 42.1 Å². The van der Waals surface area contributed by atoms with Crippen LogP contribution in [0.15, 0.2) is 23.8 Å². The van der Waals surface area contributed by atoms with Crippen molar-refractivity contribution >= 4 is 0 Å². The van der Waals surface area contributed by atoms with Crippen molar-refractivity contribution in [2.75, 3.05) is 0 Å². The van der Waals surface area contributed by atoms with Crippen molar-refractivity contribution in [2.24, 2.45) is 40.9 Å². The van der Waals surface area contributed by atoms with Crippen LogP contribution >= 0.6 is 0 Å². The van der Waals surface area contributed by atoms with Crippen molar-refractivity contribution in [3.8, 4) is 0 Å². The molecule has 3 rings (SSSR count). The largest absolute Gasteiger partial charge is 0.388 e. The number of fused-ring (bicyclic) bond motifs is 1. The van der Waals surface area contributed by atoms with Crippen molar-refractivity contribution in [2.45, 2.75) is 85.7 Å². The van der Waals surface area contributed by atoms with E-state index < -0.39 is 0 Å². The van der Waals surface area contributed by atoms with Gasteiger partial charge in [0.2, 0.25) is 0 Å². The van der Waals surface area contributed by atoms with Gasteiger partial charge in [-0.05, 0) is 85.0 Å². The minimum atomic E-state index is -0.323. The number of aliphatic hydroxyl groups excluding tert-OH is 1. The predicted octanol–water partition coefficient (Wildman–Crippen LogP) is 6.38. The molecule has 3 aliphatic carbocycles. The number of hydrogen-bond donors (Lipinski definition) is 1. The first kappa shape index (κ1) is 19.2. The third-order valence-electron chi connectivity index (χ3n) is 8.32. The zero-order valence-corrected chi connectivity index (χ0v) is 17.2. The molecule has 0 amide bonds. The molecule has 1 N–H and O–H groups in total. The Balaban J connectivity index is 1.75. The first-order valence-electron chi connectivity index (χ1n) is 10.8. The molecule has 0 bridgehead atoms. The first-order chi connectivity index (χ1) is 11.7. The van der Waals surface area contributed by atoms with Crippen LogP contribution in [0.5, 0.6) is 0 Å². The van der Waals surface area contributed by atoms with Crippen LogP contribution < -0.4 is 0 Å². The average molecular weight is 345 g/mol. The van der Waals surface area contributed by atoms with Gasteiger partial charge < -0.3 is 5.11 Å². The lowest BCUT2D eigenvalue weighted by Gasteiger charge is -2.48. The summed E-state index contributed by atoms with van der Waals surface area (Å²) in [5, 5.41) is 10.3. The fourth-order valence-corrected chi connectivity index (χ4v) is 6.96. The summed E-state index contributed by atoms with van der Waals surface area (Å²) in [4.78, 5) is 0. The molecule has 1 heteroatoms. The molecule has 0 radical (unpaired) electrons. The van der Waals surface area contributed by atoms with Crippen molar-refractivity contribution in [1.29, 1.82) is 0 Å². The molecule has 142 valence electrons. The lowest BCUT2D eigenvalue weighted by atomic mass is 9.57. The van der Waals surface area contributed by atoms with Gasteiger partial charge in [-0.25, -0.2) is 0 Å². The Morgan fingerprint density at radius 1 is 1.16 bits per heavy atom. The normalized spacial score (nSPS) is 45.0. The van der Waals surface area contributed by atoms with Crippen molar-refractivity contribution < 1.29 is 5.11 Å². The summed E-state index contributed by atoms with van der Waals surface area (Å²) in [5.74, 6) is 4.56. The summed E-state index contributed by atoms with van der Waals surface area (Å²) in [6.45, 7) is 16.2. The first-order valence-corrected chi connectivity index (χ1v) is 10.8. The highest BCUT2D eigenvalue weighted by molar-refractivity contribution is 5.22. The van der Waals surface area contributed by atoms with Crippen LogP contribution in [0.2, 0.25) is 0 Å². The van der Waals surface area contributed by atoms with Gasteiger partial charge in [-0.15, -0.1) is 0 Å². The van der Waals surface area contributed by atoms with Crippen LogP contribution in [0.25, 0.3) is 0 Å². The van der Waals surface area contributed by atoms with E-state index in [1.54, 1.807) is 0 Å². The number of hydrogen-bond acceptors (Lipinski definition) is 1. The predicted molar refractivity (Wildman–Crippen MR) is 107 cm³/mol. The molecule has 3 aliphatic rings. The SMILES string of the molecule is C=C1[C@H](O)C/C(=C\C(C)C2CCC[C@]3(C)C(C(C)C)CCC23)C[C@@H]1C. The van der Waals surface area contributed by atoms with E-state index in [1.165, 1.54) is 37.7 Å². The Kier molecular flexibility index (Phi) is 5.55. The minimum absolute atomic E-state index is 0.323. The van der Waals surface area contributed by atoms with Crippen LogP contribution in [0.4, 0.5) is 0 Å². The van der Waals surface area contributed by atoms with Crippen LogP contribution in [0, 0.1) is 40.9 Å². The van der Waals surface area contributed by atoms with E-state index in [-0.39, 0.29) is 6.10 Å². The van der Waals surface area contributed by atoms with Crippen LogP contribution in [-0.4, -0.2) is 11.2 Å². The lowest BCUT2D eigenvalue weighted by Crippen LogP contribution is -2.40. The highest BCUT2D eigenvalue weighted by Gasteiger charge is 2.52. The van der Waals surface area contributed by atoms with E-state index >= 15 is 0 Å². The Hall–Kier alpha value is -0.560. The molecule has 4 unspecified atom stereocenters. The maximum atomic E-state index is 10.3. The Morgan fingerprint density at radius 2 is 1.88 bits per heavy atom. The molecule has 3 saturated carbocycles. The minimum Gasteiger partial charge on any atom is -0.388 e. The van der Waals surface area contributed by atoms with Crippen molar-refractivity contribution in [3.05, 3.63) is 23.8 Å². The highest BCUT2D eigenvalue weighted by atomic mass is 16.3. The van der Waals surface area contributed by atoms with E-state index in [0.29, 0.717) is 17.3 Å². The molecule has 0 heterocycles. The second kappa shape index (κ2) is 7.22. The molecule has 7 atom stereocenters. The molecular formula is C24H40O. The maximum Gasteiger partial charge on any atom is 0.0787 e.